The molecule has 0 atom stereocenters. The Labute approximate surface area is 96.5 Å². The minimum atomic E-state index is -4.29. The lowest BCUT2D eigenvalue weighted by atomic mass is 10.4. The molecular formula is C9H14F3N3O2. The molecule has 5 nitrogen and oxygen atoms in total. The molecule has 0 radical (unpaired) electrons. The summed E-state index contributed by atoms with van der Waals surface area (Å²) in [4.78, 5) is 0. The van der Waals surface area contributed by atoms with E-state index in [0.717, 1.165) is 0 Å². The second-order valence-electron chi connectivity index (χ2n) is 3.35. The molecule has 0 aliphatic carbocycles. The average Bonchev–Trinajstić information content (AvgIpc) is 2.67. The van der Waals surface area contributed by atoms with E-state index in [2.05, 4.69) is 14.9 Å². The van der Waals surface area contributed by atoms with Gasteiger partial charge in [0.15, 0.2) is 0 Å². The van der Waals surface area contributed by atoms with Gasteiger partial charge in [-0.15, -0.1) is 10.2 Å². The summed E-state index contributed by atoms with van der Waals surface area (Å²) in [7, 11) is 1.57. The van der Waals surface area contributed by atoms with E-state index in [-0.39, 0.29) is 6.61 Å². The minimum absolute atomic E-state index is 0.0365. The SMILES string of the molecule is COCCn1cnnc1CCOCC(F)(F)F. The highest BCUT2D eigenvalue weighted by Crippen LogP contribution is 2.14. The predicted octanol–water partition coefficient (Wildman–Crippen LogP) is 1.05. The number of ether oxygens (including phenoxy) is 2. The van der Waals surface area contributed by atoms with Gasteiger partial charge in [-0.25, -0.2) is 0 Å². The van der Waals surface area contributed by atoms with Gasteiger partial charge in [-0.05, 0) is 0 Å². The molecule has 1 aromatic heterocycles. The first-order valence-electron chi connectivity index (χ1n) is 5.03. The van der Waals surface area contributed by atoms with Gasteiger partial charge >= 0.3 is 6.18 Å². The molecule has 0 unspecified atom stereocenters. The highest BCUT2D eigenvalue weighted by atomic mass is 19.4. The van der Waals surface area contributed by atoms with Crippen molar-refractivity contribution in [2.24, 2.45) is 0 Å². The lowest BCUT2D eigenvalue weighted by molar-refractivity contribution is -0.173. The van der Waals surface area contributed by atoms with Crippen LogP contribution in [0.4, 0.5) is 13.2 Å². The first-order chi connectivity index (χ1) is 8.03. The average molecular weight is 253 g/mol. The zero-order chi connectivity index (χ0) is 12.7. The predicted molar refractivity (Wildman–Crippen MR) is 52.5 cm³/mol. The van der Waals surface area contributed by atoms with Crippen LogP contribution in [-0.4, -0.2) is 47.9 Å². The second-order valence-corrected chi connectivity index (χ2v) is 3.35. The summed E-state index contributed by atoms with van der Waals surface area (Å²) in [6, 6.07) is 0. The quantitative estimate of drug-likeness (QED) is 0.681. The first kappa shape index (κ1) is 13.9. The number of nitrogens with zero attached hydrogens (tertiary/aromatic N) is 3. The van der Waals surface area contributed by atoms with Gasteiger partial charge in [-0.2, -0.15) is 13.2 Å². The fraction of sp³-hybridized carbons (Fsp3) is 0.778. The van der Waals surface area contributed by atoms with Crippen LogP contribution in [0, 0.1) is 0 Å². The molecule has 1 heterocycles. The molecule has 17 heavy (non-hydrogen) atoms. The number of hydrogen-bond acceptors (Lipinski definition) is 4. The number of hydrogen-bond donors (Lipinski definition) is 0. The topological polar surface area (TPSA) is 49.2 Å². The first-order valence-corrected chi connectivity index (χ1v) is 5.03. The minimum Gasteiger partial charge on any atom is -0.383 e. The monoisotopic (exact) mass is 253 g/mol. The number of halogens is 3. The van der Waals surface area contributed by atoms with Crippen molar-refractivity contribution >= 4 is 0 Å². The van der Waals surface area contributed by atoms with E-state index in [4.69, 9.17) is 4.74 Å². The Hall–Kier alpha value is -1.15. The molecule has 0 spiro atoms. The summed E-state index contributed by atoms with van der Waals surface area (Å²) in [5.41, 5.74) is 0. The maximum absolute atomic E-state index is 11.8. The van der Waals surface area contributed by atoms with Crippen molar-refractivity contribution in [3.63, 3.8) is 0 Å². The fourth-order valence-corrected chi connectivity index (χ4v) is 1.20. The van der Waals surface area contributed by atoms with E-state index < -0.39 is 12.8 Å². The van der Waals surface area contributed by atoms with Crippen molar-refractivity contribution in [1.82, 2.24) is 14.8 Å². The molecule has 0 aromatic carbocycles. The number of rotatable bonds is 7. The van der Waals surface area contributed by atoms with E-state index in [0.29, 0.717) is 25.4 Å². The van der Waals surface area contributed by atoms with Crippen molar-refractivity contribution in [1.29, 1.82) is 0 Å². The van der Waals surface area contributed by atoms with Crippen LogP contribution in [0.3, 0.4) is 0 Å². The zero-order valence-corrected chi connectivity index (χ0v) is 9.40. The van der Waals surface area contributed by atoms with Crippen molar-refractivity contribution < 1.29 is 22.6 Å². The number of methoxy groups -OCH3 is 1. The molecule has 0 saturated carbocycles. The van der Waals surface area contributed by atoms with Crippen molar-refractivity contribution in [2.45, 2.75) is 19.1 Å². The van der Waals surface area contributed by atoms with E-state index >= 15 is 0 Å². The number of alkyl halides is 3. The molecule has 8 heteroatoms. The van der Waals surface area contributed by atoms with Crippen molar-refractivity contribution in [3.8, 4) is 0 Å². The molecule has 0 aliphatic rings. The molecule has 0 amide bonds. The van der Waals surface area contributed by atoms with Crippen LogP contribution < -0.4 is 0 Å². The van der Waals surface area contributed by atoms with Gasteiger partial charge in [-0.1, -0.05) is 0 Å². The van der Waals surface area contributed by atoms with Gasteiger partial charge in [0.25, 0.3) is 0 Å². The Morgan fingerprint density at radius 1 is 1.35 bits per heavy atom. The van der Waals surface area contributed by atoms with Gasteiger partial charge < -0.3 is 14.0 Å². The standard InChI is InChI=1S/C9H14F3N3O2/c1-16-5-3-15-7-13-14-8(15)2-4-17-6-9(10,11)12/h7H,2-6H2,1H3. The van der Waals surface area contributed by atoms with Gasteiger partial charge in [0.1, 0.15) is 18.8 Å². The van der Waals surface area contributed by atoms with Crippen molar-refractivity contribution in [3.05, 3.63) is 12.2 Å². The van der Waals surface area contributed by atoms with Gasteiger partial charge in [0.2, 0.25) is 0 Å². The molecule has 0 fully saturated rings. The molecular weight excluding hydrogens is 239 g/mol. The Morgan fingerprint density at radius 3 is 2.76 bits per heavy atom. The summed E-state index contributed by atoms with van der Waals surface area (Å²) >= 11 is 0. The highest BCUT2D eigenvalue weighted by molar-refractivity contribution is 4.85. The molecule has 1 aromatic rings. The third-order valence-corrected chi connectivity index (χ3v) is 1.97. The Bertz CT molecular complexity index is 328. The fourth-order valence-electron chi connectivity index (χ4n) is 1.20. The third kappa shape index (κ3) is 5.64. The van der Waals surface area contributed by atoms with E-state index in [9.17, 15) is 13.2 Å². The molecule has 0 saturated heterocycles. The lowest BCUT2D eigenvalue weighted by Crippen LogP contribution is -2.18. The van der Waals surface area contributed by atoms with Crippen LogP contribution in [0.25, 0.3) is 0 Å². The van der Waals surface area contributed by atoms with Crippen LogP contribution in [-0.2, 0) is 22.4 Å². The summed E-state index contributed by atoms with van der Waals surface area (Å²) < 4.78 is 46.5. The maximum atomic E-state index is 11.8. The third-order valence-electron chi connectivity index (χ3n) is 1.97. The Morgan fingerprint density at radius 2 is 2.12 bits per heavy atom. The van der Waals surface area contributed by atoms with Crippen LogP contribution >= 0.6 is 0 Å². The lowest BCUT2D eigenvalue weighted by Gasteiger charge is -2.08. The van der Waals surface area contributed by atoms with Gasteiger partial charge in [0.05, 0.1) is 13.2 Å². The van der Waals surface area contributed by atoms with Gasteiger partial charge in [0, 0.05) is 20.1 Å². The van der Waals surface area contributed by atoms with E-state index in [1.54, 1.807) is 11.7 Å². The second kappa shape index (κ2) is 6.55. The Kier molecular flexibility index (Phi) is 5.36. The van der Waals surface area contributed by atoms with Crippen LogP contribution in [0.5, 0.6) is 0 Å². The number of aromatic nitrogens is 3. The van der Waals surface area contributed by atoms with Crippen LogP contribution in [0.15, 0.2) is 6.33 Å². The maximum Gasteiger partial charge on any atom is 0.411 e. The molecule has 0 aliphatic heterocycles. The highest BCUT2D eigenvalue weighted by Gasteiger charge is 2.27. The largest absolute Gasteiger partial charge is 0.411 e. The molecule has 98 valence electrons. The summed E-state index contributed by atoms with van der Waals surface area (Å²) in [6.45, 7) is -0.211. The molecule has 0 bridgehead atoms. The van der Waals surface area contributed by atoms with Gasteiger partial charge in [-0.3, -0.25) is 0 Å². The Balaban J connectivity index is 2.29. The zero-order valence-electron chi connectivity index (χ0n) is 9.40. The smallest absolute Gasteiger partial charge is 0.383 e. The van der Waals surface area contributed by atoms with E-state index in [1.807, 2.05) is 0 Å². The van der Waals surface area contributed by atoms with Crippen LogP contribution in [0.1, 0.15) is 5.82 Å². The molecule has 1 rings (SSSR count). The normalized spacial score (nSPS) is 12.0. The molecule has 0 N–H and O–H groups in total. The summed E-state index contributed by atoms with van der Waals surface area (Å²) in [5.74, 6) is 0.587. The van der Waals surface area contributed by atoms with Crippen LogP contribution in [0.2, 0.25) is 0 Å². The van der Waals surface area contributed by atoms with Crippen molar-refractivity contribution in [2.75, 3.05) is 26.9 Å². The van der Waals surface area contributed by atoms with E-state index in [1.165, 1.54) is 6.33 Å². The summed E-state index contributed by atoms with van der Waals surface area (Å²) in [5, 5.41) is 7.48. The summed E-state index contributed by atoms with van der Waals surface area (Å²) in [6.07, 6.45) is -2.48.